The smallest absolute Gasteiger partial charge is 0.0485 e. The van der Waals surface area contributed by atoms with Crippen molar-refractivity contribution >= 4 is 10.9 Å². The Morgan fingerprint density at radius 2 is 2.11 bits per heavy atom. The second kappa shape index (κ2) is 5.29. The third-order valence-electron chi connectivity index (χ3n) is 3.64. The van der Waals surface area contributed by atoms with E-state index in [-0.39, 0.29) is 0 Å². The van der Waals surface area contributed by atoms with Gasteiger partial charge in [0.1, 0.15) is 0 Å². The van der Waals surface area contributed by atoms with Gasteiger partial charge < -0.3 is 10.3 Å². The van der Waals surface area contributed by atoms with Gasteiger partial charge in [0.2, 0.25) is 0 Å². The lowest BCUT2D eigenvalue weighted by Gasteiger charge is -2.07. The average Bonchev–Trinajstić information content (AvgIpc) is 2.63. The third kappa shape index (κ3) is 2.14. The van der Waals surface area contributed by atoms with Crippen molar-refractivity contribution in [2.24, 2.45) is 5.73 Å². The molecule has 0 aliphatic rings. The standard InChI is InChI=1S/C16H20N2/c1-4-5-6-9-18-13(3)12(2)15-10-14(11-17)7-8-16(15)18/h1,7-8,10H,5-6,9,11,17H2,2-3H3. The van der Waals surface area contributed by atoms with Gasteiger partial charge in [0.05, 0.1) is 0 Å². The number of rotatable bonds is 4. The predicted molar refractivity (Wildman–Crippen MR) is 77.4 cm³/mol. The van der Waals surface area contributed by atoms with E-state index in [1.807, 2.05) is 0 Å². The number of terminal acetylenes is 1. The van der Waals surface area contributed by atoms with Crippen molar-refractivity contribution in [1.29, 1.82) is 0 Å². The van der Waals surface area contributed by atoms with Crippen LogP contribution in [0.3, 0.4) is 0 Å². The first-order valence-electron chi connectivity index (χ1n) is 6.41. The fraction of sp³-hybridized carbons (Fsp3) is 0.375. The summed E-state index contributed by atoms with van der Waals surface area (Å²) < 4.78 is 2.36. The summed E-state index contributed by atoms with van der Waals surface area (Å²) in [6.45, 7) is 5.93. The first-order chi connectivity index (χ1) is 8.69. The molecule has 0 radical (unpaired) electrons. The summed E-state index contributed by atoms with van der Waals surface area (Å²) in [6.07, 6.45) is 7.17. The lowest BCUT2D eigenvalue weighted by molar-refractivity contribution is 0.660. The minimum Gasteiger partial charge on any atom is -0.345 e. The van der Waals surface area contributed by atoms with E-state index in [9.17, 15) is 0 Å². The minimum atomic E-state index is 0.594. The van der Waals surface area contributed by atoms with Crippen molar-refractivity contribution in [3.05, 3.63) is 35.0 Å². The van der Waals surface area contributed by atoms with Gasteiger partial charge in [-0.25, -0.2) is 0 Å². The summed E-state index contributed by atoms with van der Waals surface area (Å²) in [7, 11) is 0. The molecule has 0 fully saturated rings. The highest BCUT2D eigenvalue weighted by Crippen LogP contribution is 2.26. The van der Waals surface area contributed by atoms with Crippen LogP contribution in [0.25, 0.3) is 10.9 Å². The quantitative estimate of drug-likeness (QED) is 0.646. The Morgan fingerprint density at radius 1 is 1.33 bits per heavy atom. The van der Waals surface area contributed by atoms with E-state index in [0.717, 1.165) is 19.4 Å². The third-order valence-corrected chi connectivity index (χ3v) is 3.64. The predicted octanol–water partition coefficient (Wildman–Crippen LogP) is 3.13. The van der Waals surface area contributed by atoms with Crippen LogP contribution in [0.5, 0.6) is 0 Å². The number of nitrogens with zero attached hydrogens (tertiary/aromatic N) is 1. The SMILES string of the molecule is C#CCCCn1c(C)c(C)c2cc(CN)ccc21. The van der Waals surface area contributed by atoms with Gasteiger partial charge >= 0.3 is 0 Å². The van der Waals surface area contributed by atoms with E-state index in [0.29, 0.717) is 6.54 Å². The molecule has 18 heavy (non-hydrogen) atoms. The number of fused-ring (bicyclic) bond motifs is 1. The van der Waals surface area contributed by atoms with E-state index in [1.54, 1.807) is 0 Å². The number of benzene rings is 1. The summed E-state index contributed by atoms with van der Waals surface area (Å²) >= 11 is 0. The summed E-state index contributed by atoms with van der Waals surface area (Å²) in [6, 6.07) is 6.49. The molecule has 1 heterocycles. The molecule has 0 aliphatic carbocycles. The molecule has 1 aromatic carbocycles. The Bertz CT molecular complexity index is 600. The maximum Gasteiger partial charge on any atom is 0.0485 e. The molecule has 2 aromatic rings. The summed E-state index contributed by atoms with van der Waals surface area (Å²) in [5, 5.41) is 1.32. The van der Waals surface area contributed by atoms with Crippen LogP contribution in [0.1, 0.15) is 29.7 Å². The molecule has 94 valence electrons. The normalized spacial score (nSPS) is 10.8. The van der Waals surface area contributed by atoms with Crippen LogP contribution in [0.15, 0.2) is 18.2 Å². The van der Waals surface area contributed by atoms with Crippen molar-refractivity contribution < 1.29 is 0 Å². The van der Waals surface area contributed by atoms with Crippen molar-refractivity contribution in [2.45, 2.75) is 39.8 Å². The molecule has 2 N–H and O–H groups in total. The Morgan fingerprint density at radius 3 is 2.78 bits per heavy atom. The zero-order valence-corrected chi connectivity index (χ0v) is 11.2. The van der Waals surface area contributed by atoms with Gasteiger partial charge in [-0.2, -0.15) is 0 Å². The van der Waals surface area contributed by atoms with Crippen LogP contribution in [0.4, 0.5) is 0 Å². The van der Waals surface area contributed by atoms with Crippen LogP contribution in [-0.4, -0.2) is 4.57 Å². The second-order valence-electron chi connectivity index (χ2n) is 4.73. The zero-order chi connectivity index (χ0) is 13.1. The molecule has 0 saturated heterocycles. The van der Waals surface area contributed by atoms with Crippen LogP contribution in [0.2, 0.25) is 0 Å². The van der Waals surface area contributed by atoms with E-state index in [1.165, 1.54) is 27.7 Å². The van der Waals surface area contributed by atoms with Gasteiger partial charge in [0, 0.05) is 36.1 Å². The van der Waals surface area contributed by atoms with Crippen molar-refractivity contribution in [1.82, 2.24) is 4.57 Å². The van der Waals surface area contributed by atoms with Gasteiger partial charge in [-0.1, -0.05) is 6.07 Å². The molecule has 2 heteroatoms. The number of hydrogen-bond acceptors (Lipinski definition) is 1. The van der Waals surface area contributed by atoms with Crippen molar-refractivity contribution in [3.8, 4) is 12.3 Å². The maximum atomic E-state index is 5.71. The average molecular weight is 240 g/mol. The highest BCUT2D eigenvalue weighted by atomic mass is 15.0. The molecule has 2 nitrogen and oxygen atoms in total. The molecule has 1 aromatic heterocycles. The first kappa shape index (κ1) is 12.7. The van der Waals surface area contributed by atoms with E-state index >= 15 is 0 Å². The molecule has 0 spiro atoms. The number of nitrogens with two attached hydrogens (primary N) is 1. The van der Waals surface area contributed by atoms with Crippen LogP contribution in [0, 0.1) is 26.2 Å². The molecule has 0 bridgehead atoms. The topological polar surface area (TPSA) is 30.9 Å². The van der Waals surface area contributed by atoms with Gasteiger partial charge in [-0.05, 0) is 43.5 Å². The fourth-order valence-electron chi connectivity index (χ4n) is 2.45. The molecule has 0 aliphatic heterocycles. The second-order valence-corrected chi connectivity index (χ2v) is 4.73. The molecule has 2 rings (SSSR count). The highest BCUT2D eigenvalue weighted by molar-refractivity contribution is 5.86. The largest absolute Gasteiger partial charge is 0.345 e. The Labute approximate surface area is 109 Å². The first-order valence-corrected chi connectivity index (χ1v) is 6.41. The van der Waals surface area contributed by atoms with Crippen LogP contribution in [-0.2, 0) is 13.1 Å². The number of unbranched alkanes of at least 4 members (excludes halogenated alkanes) is 1. The van der Waals surface area contributed by atoms with Gasteiger partial charge in [0.15, 0.2) is 0 Å². The van der Waals surface area contributed by atoms with Gasteiger partial charge in [0.25, 0.3) is 0 Å². The summed E-state index contributed by atoms with van der Waals surface area (Å²) in [5.74, 6) is 2.70. The van der Waals surface area contributed by atoms with Gasteiger partial charge in [-0.3, -0.25) is 0 Å². The van der Waals surface area contributed by atoms with Crippen LogP contribution >= 0.6 is 0 Å². The van der Waals surface area contributed by atoms with Crippen LogP contribution < -0.4 is 5.73 Å². The number of aromatic nitrogens is 1. The van der Waals surface area contributed by atoms with E-state index in [4.69, 9.17) is 12.2 Å². The van der Waals surface area contributed by atoms with E-state index in [2.05, 4.69) is 42.5 Å². The number of hydrogen-bond donors (Lipinski definition) is 1. The molecular weight excluding hydrogens is 220 g/mol. The minimum absolute atomic E-state index is 0.594. The maximum absolute atomic E-state index is 5.71. The fourth-order valence-corrected chi connectivity index (χ4v) is 2.45. The lowest BCUT2D eigenvalue weighted by atomic mass is 10.1. The Hall–Kier alpha value is -1.72. The van der Waals surface area contributed by atoms with Crippen molar-refractivity contribution in [2.75, 3.05) is 0 Å². The highest BCUT2D eigenvalue weighted by Gasteiger charge is 2.10. The molecule has 0 unspecified atom stereocenters. The number of aryl methyl sites for hydroxylation is 2. The molecular formula is C16H20N2. The monoisotopic (exact) mass is 240 g/mol. The Kier molecular flexibility index (Phi) is 3.74. The zero-order valence-electron chi connectivity index (χ0n) is 11.2. The molecule has 0 amide bonds. The molecule has 0 atom stereocenters. The molecule has 0 saturated carbocycles. The van der Waals surface area contributed by atoms with E-state index < -0.39 is 0 Å². The van der Waals surface area contributed by atoms with Gasteiger partial charge in [-0.15, -0.1) is 12.3 Å². The summed E-state index contributed by atoms with van der Waals surface area (Å²) in [4.78, 5) is 0. The van der Waals surface area contributed by atoms with Crippen molar-refractivity contribution in [3.63, 3.8) is 0 Å². The summed E-state index contributed by atoms with van der Waals surface area (Å²) in [5.41, 5.74) is 10.9. The Balaban J connectivity index is 2.47. The lowest BCUT2D eigenvalue weighted by Crippen LogP contribution is -2.00.